The number of halogens is 2. The van der Waals surface area contributed by atoms with Crippen molar-refractivity contribution < 1.29 is 4.79 Å². The summed E-state index contributed by atoms with van der Waals surface area (Å²) in [6, 6.07) is 35.9. The van der Waals surface area contributed by atoms with E-state index in [4.69, 9.17) is 23.2 Å². The van der Waals surface area contributed by atoms with E-state index in [-0.39, 0.29) is 18.1 Å². The molecule has 0 radical (unpaired) electrons. The maximum atomic E-state index is 13.4. The van der Waals surface area contributed by atoms with Crippen LogP contribution in [-0.4, -0.2) is 42.0 Å². The molecule has 0 bridgehead atoms. The molecule has 1 heterocycles. The van der Waals surface area contributed by atoms with Gasteiger partial charge in [0.25, 0.3) is 0 Å². The van der Waals surface area contributed by atoms with Crippen molar-refractivity contribution in [3.8, 4) is 0 Å². The lowest BCUT2D eigenvalue weighted by atomic mass is 9.96. The predicted molar refractivity (Wildman–Crippen MR) is 151 cm³/mol. The van der Waals surface area contributed by atoms with Crippen LogP contribution in [0.2, 0.25) is 10.0 Å². The Morgan fingerprint density at radius 2 is 1.19 bits per heavy atom. The van der Waals surface area contributed by atoms with Crippen molar-refractivity contribution in [3.05, 3.63) is 141 Å². The number of hydrogen-bond donors (Lipinski definition) is 1. The van der Waals surface area contributed by atoms with Gasteiger partial charge < -0.3 is 10.2 Å². The highest BCUT2D eigenvalue weighted by Crippen LogP contribution is 2.35. The Hall–Kier alpha value is -3.31. The third-order valence-electron chi connectivity index (χ3n) is 6.87. The van der Waals surface area contributed by atoms with Gasteiger partial charge in [-0.25, -0.2) is 4.79 Å². The van der Waals surface area contributed by atoms with Gasteiger partial charge in [-0.05, 0) is 34.4 Å². The number of urea groups is 1. The van der Waals surface area contributed by atoms with Crippen molar-refractivity contribution in [2.75, 3.05) is 26.2 Å². The van der Waals surface area contributed by atoms with Gasteiger partial charge in [-0.15, -0.1) is 0 Å². The van der Waals surface area contributed by atoms with Crippen LogP contribution in [0.25, 0.3) is 0 Å². The zero-order chi connectivity index (χ0) is 25.6. The van der Waals surface area contributed by atoms with Crippen LogP contribution in [0.4, 0.5) is 4.79 Å². The quantitative estimate of drug-likeness (QED) is 0.286. The summed E-state index contributed by atoms with van der Waals surface area (Å²) in [4.78, 5) is 17.7. The Morgan fingerprint density at radius 3 is 1.70 bits per heavy atom. The Morgan fingerprint density at radius 1 is 0.676 bits per heavy atom. The summed E-state index contributed by atoms with van der Waals surface area (Å²) >= 11 is 12.8. The van der Waals surface area contributed by atoms with Crippen LogP contribution in [-0.2, 0) is 0 Å². The fraction of sp³-hybridized carbons (Fsp3) is 0.194. The molecule has 0 saturated carbocycles. The monoisotopic (exact) mass is 529 g/mol. The van der Waals surface area contributed by atoms with Crippen LogP contribution < -0.4 is 5.32 Å². The van der Waals surface area contributed by atoms with E-state index >= 15 is 0 Å². The van der Waals surface area contributed by atoms with Crippen LogP contribution in [0.1, 0.15) is 34.3 Å². The summed E-state index contributed by atoms with van der Waals surface area (Å²) in [5.41, 5.74) is 4.30. The fourth-order valence-corrected chi connectivity index (χ4v) is 5.51. The molecule has 5 rings (SSSR count). The van der Waals surface area contributed by atoms with Crippen LogP contribution in [0, 0.1) is 0 Å². The highest BCUT2D eigenvalue weighted by Gasteiger charge is 2.30. The van der Waals surface area contributed by atoms with E-state index in [1.54, 1.807) is 6.07 Å². The average Bonchev–Trinajstić information content (AvgIpc) is 2.95. The minimum absolute atomic E-state index is 0.0161. The number of carbonyl (C=O) groups excluding carboxylic acids is 1. The van der Waals surface area contributed by atoms with Gasteiger partial charge in [0.15, 0.2) is 0 Å². The molecule has 4 aromatic carbocycles. The third-order valence-corrected chi connectivity index (χ3v) is 7.44. The van der Waals surface area contributed by atoms with Gasteiger partial charge in [0, 0.05) is 36.2 Å². The van der Waals surface area contributed by atoms with Crippen molar-refractivity contribution in [3.63, 3.8) is 0 Å². The number of hydrogen-bond acceptors (Lipinski definition) is 2. The second kappa shape index (κ2) is 11.8. The van der Waals surface area contributed by atoms with Crippen LogP contribution >= 0.6 is 23.2 Å². The lowest BCUT2D eigenvalue weighted by molar-refractivity contribution is 0.119. The van der Waals surface area contributed by atoms with Crippen molar-refractivity contribution in [2.45, 2.75) is 12.1 Å². The largest absolute Gasteiger partial charge is 0.327 e. The lowest BCUT2D eigenvalue weighted by Gasteiger charge is -2.40. The van der Waals surface area contributed by atoms with Gasteiger partial charge in [0.1, 0.15) is 0 Å². The molecule has 1 aliphatic heterocycles. The Bertz CT molecular complexity index is 1270. The molecule has 6 heteroatoms. The van der Waals surface area contributed by atoms with Crippen molar-refractivity contribution in [2.24, 2.45) is 0 Å². The molecule has 1 N–H and O–H groups in total. The summed E-state index contributed by atoms with van der Waals surface area (Å²) in [6.45, 7) is 2.70. The van der Waals surface area contributed by atoms with Gasteiger partial charge in [0.05, 0.1) is 12.1 Å². The first-order chi connectivity index (χ1) is 18.1. The van der Waals surface area contributed by atoms with Crippen molar-refractivity contribution in [1.82, 2.24) is 15.1 Å². The number of rotatable bonds is 6. The molecule has 1 atom stereocenters. The number of carbonyl (C=O) groups is 1. The maximum absolute atomic E-state index is 13.4. The number of nitrogens with one attached hydrogen (secondary N) is 1. The first kappa shape index (κ1) is 25.3. The number of piperazine rings is 1. The van der Waals surface area contributed by atoms with Gasteiger partial charge in [-0.3, -0.25) is 4.90 Å². The third kappa shape index (κ3) is 5.99. The predicted octanol–water partition coefficient (Wildman–Crippen LogP) is 7.20. The van der Waals surface area contributed by atoms with E-state index in [1.165, 1.54) is 0 Å². The Kier molecular flexibility index (Phi) is 8.10. The Balaban J connectivity index is 1.32. The molecule has 1 saturated heterocycles. The van der Waals surface area contributed by atoms with Crippen molar-refractivity contribution in [1.29, 1.82) is 0 Å². The molecule has 0 aromatic heterocycles. The van der Waals surface area contributed by atoms with Crippen LogP contribution in [0.5, 0.6) is 0 Å². The Labute approximate surface area is 228 Å². The molecule has 0 spiro atoms. The van der Waals surface area contributed by atoms with E-state index in [1.807, 2.05) is 71.6 Å². The molecule has 4 nitrogen and oxygen atoms in total. The van der Waals surface area contributed by atoms with Crippen LogP contribution in [0.3, 0.4) is 0 Å². The van der Waals surface area contributed by atoms with E-state index in [2.05, 4.69) is 46.6 Å². The van der Waals surface area contributed by atoms with Crippen LogP contribution in [0.15, 0.2) is 109 Å². The van der Waals surface area contributed by atoms with Gasteiger partial charge in [-0.1, -0.05) is 120 Å². The number of amides is 2. The summed E-state index contributed by atoms with van der Waals surface area (Å²) in [5.74, 6) is 0. The van der Waals surface area contributed by atoms with E-state index in [0.717, 1.165) is 35.3 Å². The number of nitrogens with zero attached hydrogens (tertiary/aromatic N) is 2. The second-order valence-corrected chi connectivity index (χ2v) is 10.0. The molecule has 37 heavy (non-hydrogen) atoms. The second-order valence-electron chi connectivity index (χ2n) is 9.21. The summed E-state index contributed by atoms with van der Waals surface area (Å²) < 4.78 is 0. The van der Waals surface area contributed by atoms with Crippen molar-refractivity contribution >= 4 is 29.2 Å². The number of benzene rings is 4. The molecule has 188 valence electrons. The summed E-state index contributed by atoms with van der Waals surface area (Å²) in [6.07, 6.45) is 0. The molecule has 0 aliphatic carbocycles. The van der Waals surface area contributed by atoms with Gasteiger partial charge in [-0.2, -0.15) is 0 Å². The highest BCUT2D eigenvalue weighted by molar-refractivity contribution is 6.35. The SMILES string of the molecule is O=C(NC(c1ccccc1)c1ccccc1)N1CCN(C(c2ccccc2)c2ccc(Cl)cc2Cl)CC1. The van der Waals surface area contributed by atoms with E-state index in [0.29, 0.717) is 23.1 Å². The van der Waals surface area contributed by atoms with Gasteiger partial charge >= 0.3 is 6.03 Å². The topological polar surface area (TPSA) is 35.6 Å². The molecule has 1 unspecified atom stereocenters. The molecule has 4 aromatic rings. The normalized spacial score (nSPS) is 14.9. The minimum atomic E-state index is -0.210. The molecule has 1 aliphatic rings. The highest BCUT2D eigenvalue weighted by atomic mass is 35.5. The first-order valence-corrected chi connectivity index (χ1v) is 13.2. The smallest absolute Gasteiger partial charge is 0.318 e. The molecule has 1 fully saturated rings. The van der Waals surface area contributed by atoms with E-state index < -0.39 is 0 Å². The average molecular weight is 530 g/mol. The standard InChI is InChI=1S/C31H29Cl2N3O/c32-26-16-17-27(28(33)22-26)30(25-14-8-3-9-15-25)35-18-20-36(21-19-35)31(37)34-29(23-10-4-1-5-11-23)24-12-6-2-7-13-24/h1-17,22,29-30H,18-21H2,(H,34,37). The molecule has 2 amide bonds. The first-order valence-electron chi connectivity index (χ1n) is 12.5. The molecular formula is C31H29Cl2N3O. The van der Waals surface area contributed by atoms with E-state index in [9.17, 15) is 4.79 Å². The zero-order valence-corrected chi connectivity index (χ0v) is 21.9. The summed E-state index contributed by atoms with van der Waals surface area (Å²) in [5, 5.41) is 4.54. The minimum Gasteiger partial charge on any atom is -0.327 e. The zero-order valence-electron chi connectivity index (χ0n) is 20.4. The van der Waals surface area contributed by atoms with Gasteiger partial charge in [0.2, 0.25) is 0 Å². The maximum Gasteiger partial charge on any atom is 0.318 e. The lowest BCUT2D eigenvalue weighted by Crippen LogP contribution is -2.53. The molecular weight excluding hydrogens is 501 g/mol. The summed E-state index contributed by atoms with van der Waals surface area (Å²) in [7, 11) is 0. The fourth-order valence-electron chi connectivity index (χ4n) is 4.99.